The summed E-state index contributed by atoms with van der Waals surface area (Å²) in [6.07, 6.45) is 3.38. The van der Waals surface area contributed by atoms with Gasteiger partial charge in [0, 0.05) is 5.54 Å². The van der Waals surface area contributed by atoms with Crippen LogP contribution in [0.4, 0.5) is 0 Å². The summed E-state index contributed by atoms with van der Waals surface area (Å²) in [5, 5.41) is 9.09. The first-order valence-corrected chi connectivity index (χ1v) is 9.76. The van der Waals surface area contributed by atoms with Crippen LogP contribution >= 0.6 is 0 Å². The first-order valence-electron chi connectivity index (χ1n) is 9.76. The van der Waals surface area contributed by atoms with E-state index in [1.165, 1.54) is 22.8 Å². The van der Waals surface area contributed by atoms with Crippen molar-refractivity contribution in [2.75, 3.05) is 6.54 Å². The van der Waals surface area contributed by atoms with E-state index in [-0.39, 0.29) is 17.5 Å². The molecular formula is C24H26N2O. The van der Waals surface area contributed by atoms with Gasteiger partial charge in [-0.2, -0.15) is 0 Å². The molecule has 1 fully saturated rings. The van der Waals surface area contributed by atoms with Crippen molar-refractivity contribution in [2.24, 2.45) is 0 Å². The van der Waals surface area contributed by atoms with Crippen LogP contribution in [0.25, 0.3) is 10.8 Å². The van der Waals surface area contributed by atoms with E-state index < -0.39 is 0 Å². The van der Waals surface area contributed by atoms with Crippen LogP contribution in [0.5, 0.6) is 0 Å². The molecule has 0 heterocycles. The second-order valence-electron chi connectivity index (χ2n) is 7.51. The second kappa shape index (κ2) is 7.53. The lowest BCUT2D eigenvalue weighted by Gasteiger charge is -2.43. The maximum absolute atomic E-state index is 12.6. The lowest BCUT2D eigenvalue weighted by atomic mass is 9.72. The highest BCUT2D eigenvalue weighted by Gasteiger charge is 2.38. The minimum Gasteiger partial charge on any atom is -0.348 e. The fraction of sp³-hybridized carbons (Fsp3) is 0.292. The number of hydrogen-bond acceptors (Lipinski definition) is 2. The van der Waals surface area contributed by atoms with Crippen molar-refractivity contribution < 1.29 is 4.79 Å². The number of fused-ring (bicyclic) bond motifs is 1. The van der Waals surface area contributed by atoms with Gasteiger partial charge in [-0.1, -0.05) is 72.8 Å². The van der Waals surface area contributed by atoms with Gasteiger partial charge in [0.05, 0.1) is 12.6 Å². The van der Waals surface area contributed by atoms with Crippen molar-refractivity contribution >= 4 is 16.7 Å². The molecule has 2 N–H and O–H groups in total. The molecule has 1 amide bonds. The van der Waals surface area contributed by atoms with Crippen molar-refractivity contribution in [3.8, 4) is 0 Å². The lowest BCUT2D eigenvalue weighted by molar-refractivity contribution is -0.121. The summed E-state index contributed by atoms with van der Waals surface area (Å²) in [4.78, 5) is 12.6. The molecule has 27 heavy (non-hydrogen) atoms. The Bertz CT molecular complexity index is 926. The highest BCUT2D eigenvalue weighted by Crippen LogP contribution is 2.40. The number of nitrogens with one attached hydrogen (secondary N) is 2. The summed E-state index contributed by atoms with van der Waals surface area (Å²) in [5.74, 6) is 0.0395. The number of hydrogen-bond donors (Lipinski definition) is 2. The van der Waals surface area contributed by atoms with Crippen LogP contribution < -0.4 is 10.6 Å². The van der Waals surface area contributed by atoms with E-state index in [1.54, 1.807) is 0 Å². The molecule has 0 unspecified atom stereocenters. The molecule has 138 valence electrons. The van der Waals surface area contributed by atoms with Gasteiger partial charge in [-0.3, -0.25) is 10.1 Å². The fourth-order valence-corrected chi connectivity index (χ4v) is 4.10. The molecular weight excluding hydrogens is 332 g/mol. The van der Waals surface area contributed by atoms with Gasteiger partial charge in [-0.25, -0.2) is 0 Å². The molecule has 0 spiro atoms. The maximum Gasteiger partial charge on any atom is 0.234 e. The number of carbonyl (C=O) groups excluding carboxylic acids is 1. The summed E-state index contributed by atoms with van der Waals surface area (Å²) in [7, 11) is 0. The molecule has 0 aromatic heterocycles. The molecule has 1 saturated carbocycles. The van der Waals surface area contributed by atoms with Crippen molar-refractivity contribution in [3.63, 3.8) is 0 Å². The van der Waals surface area contributed by atoms with Crippen LogP contribution in [-0.2, 0) is 10.3 Å². The van der Waals surface area contributed by atoms with E-state index in [9.17, 15) is 4.79 Å². The number of rotatable bonds is 6. The molecule has 4 rings (SSSR count). The molecule has 1 atom stereocenters. The first-order chi connectivity index (χ1) is 13.2. The largest absolute Gasteiger partial charge is 0.348 e. The van der Waals surface area contributed by atoms with Crippen LogP contribution in [-0.4, -0.2) is 12.5 Å². The third kappa shape index (κ3) is 3.60. The second-order valence-corrected chi connectivity index (χ2v) is 7.51. The van der Waals surface area contributed by atoms with Crippen molar-refractivity contribution in [1.29, 1.82) is 0 Å². The molecule has 3 heteroatoms. The summed E-state index contributed by atoms with van der Waals surface area (Å²) in [6, 6.07) is 25.0. The Hall–Kier alpha value is -2.65. The third-order valence-corrected chi connectivity index (χ3v) is 5.79. The summed E-state index contributed by atoms with van der Waals surface area (Å²) in [5.41, 5.74) is 2.40. The SMILES string of the molecule is C[C@@H](NC(=O)CNC1(c2ccccc2)CCC1)c1cccc2ccccc12. The predicted octanol–water partition coefficient (Wildman–Crippen LogP) is 4.69. The van der Waals surface area contributed by atoms with Crippen molar-refractivity contribution in [1.82, 2.24) is 10.6 Å². The Morgan fingerprint density at radius 2 is 1.67 bits per heavy atom. The molecule has 3 aromatic rings. The van der Waals surface area contributed by atoms with Gasteiger partial charge in [-0.05, 0) is 48.1 Å². The smallest absolute Gasteiger partial charge is 0.234 e. The molecule has 3 aromatic carbocycles. The zero-order chi connectivity index (χ0) is 18.7. The van der Waals surface area contributed by atoms with Crippen LogP contribution in [0, 0.1) is 0 Å². The Morgan fingerprint density at radius 1 is 0.963 bits per heavy atom. The van der Waals surface area contributed by atoms with E-state index in [2.05, 4.69) is 72.2 Å². The van der Waals surface area contributed by atoms with Crippen LogP contribution in [0.15, 0.2) is 72.8 Å². The topological polar surface area (TPSA) is 41.1 Å². The Kier molecular flexibility index (Phi) is 4.95. The zero-order valence-electron chi connectivity index (χ0n) is 15.7. The minimum absolute atomic E-state index is 0.0283. The predicted molar refractivity (Wildman–Crippen MR) is 110 cm³/mol. The van der Waals surface area contributed by atoms with Gasteiger partial charge >= 0.3 is 0 Å². The zero-order valence-corrected chi connectivity index (χ0v) is 15.7. The summed E-state index contributed by atoms with van der Waals surface area (Å²) < 4.78 is 0. The maximum atomic E-state index is 12.6. The standard InChI is InChI=1S/C24H26N2O/c1-18(21-14-7-10-19-9-5-6-13-22(19)21)26-23(27)17-25-24(15-8-16-24)20-11-3-2-4-12-20/h2-7,9-14,18,25H,8,15-17H2,1H3,(H,26,27)/t18-/m1/s1. The highest BCUT2D eigenvalue weighted by molar-refractivity contribution is 5.87. The quantitative estimate of drug-likeness (QED) is 0.671. The van der Waals surface area contributed by atoms with Crippen LogP contribution in [0.1, 0.15) is 43.4 Å². The van der Waals surface area contributed by atoms with Crippen LogP contribution in [0.2, 0.25) is 0 Å². The van der Waals surface area contributed by atoms with Gasteiger partial charge in [0.2, 0.25) is 5.91 Å². The van der Waals surface area contributed by atoms with Crippen molar-refractivity contribution in [3.05, 3.63) is 83.9 Å². The molecule has 1 aliphatic carbocycles. The molecule has 0 bridgehead atoms. The molecule has 0 saturated heterocycles. The van der Waals surface area contributed by atoms with E-state index in [0.29, 0.717) is 6.54 Å². The minimum atomic E-state index is -0.0404. The van der Waals surface area contributed by atoms with E-state index in [4.69, 9.17) is 0 Å². The van der Waals surface area contributed by atoms with E-state index in [1.807, 2.05) is 18.2 Å². The number of carbonyl (C=O) groups is 1. The Morgan fingerprint density at radius 3 is 2.41 bits per heavy atom. The molecule has 3 nitrogen and oxygen atoms in total. The normalized spacial score (nSPS) is 16.5. The molecule has 1 aliphatic rings. The van der Waals surface area contributed by atoms with E-state index >= 15 is 0 Å². The highest BCUT2D eigenvalue weighted by atomic mass is 16.2. The fourth-order valence-electron chi connectivity index (χ4n) is 4.10. The van der Waals surface area contributed by atoms with E-state index in [0.717, 1.165) is 18.4 Å². The lowest BCUT2D eigenvalue weighted by Crippen LogP contribution is -2.51. The Balaban J connectivity index is 1.42. The monoisotopic (exact) mass is 358 g/mol. The average molecular weight is 358 g/mol. The summed E-state index contributed by atoms with van der Waals surface area (Å²) in [6.45, 7) is 2.39. The van der Waals surface area contributed by atoms with Crippen molar-refractivity contribution in [2.45, 2.75) is 37.8 Å². The average Bonchev–Trinajstić information content (AvgIpc) is 2.67. The third-order valence-electron chi connectivity index (χ3n) is 5.79. The first kappa shape index (κ1) is 17.7. The molecule has 0 aliphatic heterocycles. The van der Waals surface area contributed by atoms with Gasteiger partial charge in [0.15, 0.2) is 0 Å². The summed E-state index contributed by atoms with van der Waals surface area (Å²) >= 11 is 0. The Labute approximate surface area is 160 Å². The van der Waals surface area contributed by atoms with Crippen LogP contribution in [0.3, 0.4) is 0 Å². The van der Waals surface area contributed by atoms with Gasteiger partial charge in [-0.15, -0.1) is 0 Å². The number of benzene rings is 3. The van der Waals surface area contributed by atoms with Gasteiger partial charge in [0.25, 0.3) is 0 Å². The van der Waals surface area contributed by atoms with Gasteiger partial charge in [0.1, 0.15) is 0 Å². The molecule has 0 radical (unpaired) electrons. The van der Waals surface area contributed by atoms with Gasteiger partial charge < -0.3 is 5.32 Å². The number of amides is 1.